The topological polar surface area (TPSA) is 88.3 Å². The highest BCUT2D eigenvalue weighted by molar-refractivity contribution is 5.73. The van der Waals surface area contributed by atoms with Gasteiger partial charge in [0, 0.05) is 12.0 Å². The SMILES string of the molecule is CC[C@H](C)[C@H](NCCCc1nc(-c2ccccc2)no1)C(=O)O. The van der Waals surface area contributed by atoms with Crippen LogP contribution in [0.2, 0.25) is 0 Å². The molecule has 0 spiro atoms. The summed E-state index contributed by atoms with van der Waals surface area (Å²) in [6.07, 6.45) is 2.20. The number of hydrogen-bond acceptors (Lipinski definition) is 5. The molecule has 6 heteroatoms. The van der Waals surface area contributed by atoms with Gasteiger partial charge in [0.2, 0.25) is 11.7 Å². The number of aliphatic carboxylic acids is 1. The van der Waals surface area contributed by atoms with Crippen molar-refractivity contribution in [3.8, 4) is 11.4 Å². The van der Waals surface area contributed by atoms with Crippen LogP contribution in [0.1, 0.15) is 32.6 Å². The Labute approximate surface area is 135 Å². The Kier molecular flexibility index (Phi) is 6.29. The fraction of sp³-hybridized carbons (Fsp3) is 0.471. The summed E-state index contributed by atoms with van der Waals surface area (Å²) in [7, 11) is 0. The van der Waals surface area contributed by atoms with E-state index in [1.165, 1.54) is 0 Å². The van der Waals surface area contributed by atoms with Crippen LogP contribution in [0.4, 0.5) is 0 Å². The zero-order chi connectivity index (χ0) is 16.7. The second-order valence-corrected chi connectivity index (χ2v) is 5.64. The summed E-state index contributed by atoms with van der Waals surface area (Å²) >= 11 is 0. The molecule has 2 aromatic rings. The number of rotatable bonds is 9. The summed E-state index contributed by atoms with van der Waals surface area (Å²) in [6, 6.07) is 9.14. The fourth-order valence-electron chi connectivity index (χ4n) is 2.33. The monoisotopic (exact) mass is 317 g/mol. The second-order valence-electron chi connectivity index (χ2n) is 5.64. The molecule has 23 heavy (non-hydrogen) atoms. The Hall–Kier alpha value is -2.21. The maximum atomic E-state index is 11.2. The molecule has 2 atom stereocenters. The quantitative estimate of drug-likeness (QED) is 0.691. The molecule has 0 aliphatic carbocycles. The lowest BCUT2D eigenvalue weighted by Crippen LogP contribution is -2.42. The minimum Gasteiger partial charge on any atom is -0.480 e. The van der Waals surface area contributed by atoms with E-state index in [4.69, 9.17) is 4.52 Å². The summed E-state index contributed by atoms with van der Waals surface area (Å²) < 4.78 is 5.24. The molecule has 124 valence electrons. The molecule has 1 aromatic carbocycles. The molecular formula is C17H23N3O3. The van der Waals surface area contributed by atoms with E-state index in [1.807, 2.05) is 44.2 Å². The maximum absolute atomic E-state index is 11.2. The molecule has 0 fully saturated rings. The first-order valence-corrected chi connectivity index (χ1v) is 7.96. The molecule has 1 aromatic heterocycles. The number of nitrogens with one attached hydrogen (secondary N) is 1. The Bertz CT molecular complexity index is 613. The summed E-state index contributed by atoms with van der Waals surface area (Å²) in [5.74, 6) is 0.446. The molecule has 0 saturated heterocycles. The van der Waals surface area contributed by atoms with E-state index in [0.717, 1.165) is 18.4 Å². The second kappa shape index (κ2) is 8.43. The third-order valence-electron chi connectivity index (χ3n) is 3.91. The van der Waals surface area contributed by atoms with Gasteiger partial charge in [0.25, 0.3) is 0 Å². The average molecular weight is 317 g/mol. The minimum absolute atomic E-state index is 0.0978. The van der Waals surface area contributed by atoms with Gasteiger partial charge in [-0.25, -0.2) is 0 Å². The Balaban J connectivity index is 1.81. The molecule has 6 nitrogen and oxygen atoms in total. The zero-order valence-corrected chi connectivity index (χ0v) is 13.5. The van der Waals surface area contributed by atoms with Crippen molar-refractivity contribution in [1.82, 2.24) is 15.5 Å². The van der Waals surface area contributed by atoms with Gasteiger partial charge in [-0.15, -0.1) is 0 Å². The van der Waals surface area contributed by atoms with Gasteiger partial charge in [0.1, 0.15) is 6.04 Å². The number of carboxylic acid groups (broad SMARTS) is 1. The molecule has 0 unspecified atom stereocenters. The summed E-state index contributed by atoms with van der Waals surface area (Å²) in [5.41, 5.74) is 0.920. The molecule has 0 aliphatic rings. The molecule has 0 radical (unpaired) electrons. The van der Waals surface area contributed by atoms with E-state index in [1.54, 1.807) is 0 Å². The molecule has 0 amide bonds. The number of carbonyl (C=O) groups is 1. The van der Waals surface area contributed by atoms with Crippen molar-refractivity contribution in [2.24, 2.45) is 5.92 Å². The van der Waals surface area contributed by atoms with E-state index in [0.29, 0.717) is 24.7 Å². The number of aromatic nitrogens is 2. The van der Waals surface area contributed by atoms with Crippen LogP contribution < -0.4 is 5.32 Å². The molecule has 2 rings (SSSR count). The lowest BCUT2D eigenvalue weighted by Gasteiger charge is -2.19. The van der Waals surface area contributed by atoms with Crippen LogP contribution in [0.15, 0.2) is 34.9 Å². The summed E-state index contributed by atoms with van der Waals surface area (Å²) in [6.45, 7) is 4.53. The lowest BCUT2D eigenvalue weighted by molar-refractivity contribution is -0.140. The van der Waals surface area contributed by atoms with Gasteiger partial charge in [-0.3, -0.25) is 4.79 Å². The highest BCUT2D eigenvalue weighted by Gasteiger charge is 2.22. The maximum Gasteiger partial charge on any atom is 0.320 e. The van der Waals surface area contributed by atoms with Crippen molar-refractivity contribution in [3.05, 3.63) is 36.2 Å². The fourth-order valence-corrected chi connectivity index (χ4v) is 2.33. The van der Waals surface area contributed by atoms with E-state index in [9.17, 15) is 9.90 Å². The summed E-state index contributed by atoms with van der Waals surface area (Å²) in [5, 5.41) is 16.3. The van der Waals surface area contributed by atoms with Crippen molar-refractivity contribution in [2.75, 3.05) is 6.54 Å². The van der Waals surface area contributed by atoms with E-state index < -0.39 is 12.0 Å². The molecule has 2 N–H and O–H groups in total. The van der Waals surface area contributed by atoms with Gasteiger partial charge < -0.3 is 14.9 Å². The first kappa shape index (κ1) is 17.1. The van der Waals surface area contributed by atoms with Crippen LogP contribution in [0, 0.1) is 5.92 Å². The highest BCUT2D eigenvalue weighted by atomic mass is 16.5. The van der Waals surface area contributed by atoms with Gasteiger partial charge in [-0.1, -0.05) is 55.8 Å². The van der Waals surface area contributed by atoms with Gasteiger partial charge in [0.15, 0.2) is 0 Å². The molecule has 0 bridgehead atoms. The first-order chi connectivity index (χ1) is 11.1. The van der Waals surface area contributed by atoms with Gasteiger partial charge >= 0.3 is 5.97 Å². The first-order valence-electron chi connectivity index (χ1n) is 7.96. The number of nitrogens with zero attached hydrogens (tertiary/aromatic N) is 2. The lowest BCUT2D eigenvalue weighted by atomic mass is 9.99. The highest BCUT2D eigenvalue weighted by Crippen LogP contribution is 2.15. The van der Waals surface area contributed by atoms with Crippen LogP contribution in [0.25, 0.3) is 11.4 Å². The molecule has 0 aliphatic heterocycles. The molecule has 0 saturated carbocycles. The van der Waals surface area contributed by atoms with Crippen LogP contribution in [0.3, 0.4) is 0 Å². The van der Waals surface area contributed by atoms with Crippen molar-refractivity contribution < 1.29 is 14.4 Å². The van der Waals surface area contributed by atoms with Gasteiger partial charge in [0.05, 0.1) is 0 Å². The third kappa shape index (κ3) is 4.89. The number of benzene rings is 1. The van der Waals surface area contributed by atoms with Crippen LogP contribution >= 0.6 is 0 Å². The predicted octanol–water partition coefficient (Wildman–Crippen LogP) is 2.76. The van der Waals surface area contributed by atoms with E-state index >= 15 is 0 Å². The summed E-state index contributed by atoms with van der Waals surface area (Å²) in [4.78, 5) is 15.6. The van der Waals surface area contributed by atoms with Crippen LogP contribution in [-0.2, 0) is 11.2 Å². The molecular weight excluding hydrogens is 294 g/mol. The molecule has 1 heterocycles. The predicted molar refractivity (Wildman–Crippen MR) is 86.9 cm³/mol. The van der Waals surface area contributed by atoms with E-state index in [-0.39, 0.29) is 5.92 Å². The largest absolute Gasteiger partial charge is 0.480 e. The van der Waals surface area contributed by atoms with Crippen LogP contribution in [0.5, 0.6) is 0 Å². The van der Waals surface area contributed by atoms with Crippen molar-refractivity contribution in [1.29, 1.82) is 0 Å². The van der Waals surface area contributed by atoms with Gasteiger partial charge in [-0.2, -0.15) is 4.98 Å². The minimum atomic E-state index is -0.802. The normalized spacial score (nSPS) is 13.7. The standard InChI is InChI=1S/C17H23N3O3/c1-3-12(2)15(17(21)22)18-11-7-10-14-19-16(20-23-14)13-8-5-4-6-9-13/h4-6,8-9,12,15,18H,3,7,10-11H2,1-2H3,(H,21,22)/t12-,15-/m0/s1. The van der Waals surface area contributed by atoms with Crippen LogP contribution in [-0.4, -0.2) is 33.8 Å². The van der Waals surface area contributed by atoms with Crippen molar-refractivity contribution in [3.63, 3.8) is 0 Å². The number of carboxylic acids is 1. The average Bonchev–Trinajstić information content (AvgIpc) is 3.03. The smallest absolute Gasteiger partial charge is 0.320 e. The Morgan fingerprint density at radius 2 is 2.09 bits per heavy atom. The Morgan fingerprint density at radius 3 is 2.74 bits per heavy atom. The third-order valence-corrected chi connectivity index (χ3v) is 3.91. The number of hydrogen-bond donors (Lipinski definition) is 2. The van der Waals surface area contributed by atoms with Crippen molar-refractivity contribution in [2.45, 2.75) is 39.2 Å². The zero-order valence-electron chi connectivity index (χ0n) is 13.5. The van der Waals surface area contributed by atoms with Gasteiger partial charge in [-0.05, 0) is 18.9 Å². The Morgan fingerprint density at radius 1 is 1.35 bits per heavy atom. The van der Waals surface area contributed by atoms with E-state index in [2.05, 4.69) is 15.5 Å². The number of aryl methyl sites for hydroxylation is 1. The van der Waals surface area contributed by atoms with Crippen molar-refractivity contribution >= 4 is 5.97 Å².